The quantitative estimate of drug-likeness (QED) is 0.250. The zero-order chi connectivity index (χ0) is 11.4. The number of aliphatic hydroxyl groups is 4. The Hall–Kier alpha value is -0.890. The van der Waals surface area contributed by atoms with E-state index in [2.05, 4.69) is 10.0 Å². The summed E-state index contributed by atoms with van der Waals surface area (Å²) in [4.78, 5) is 2.49. The molecule has 0 spiro atoms. The second-order valence-electron chi connectivity index (χ2n) is 3.28. The lowest BCUT2D eigenvalue weighted by Gasteiger charge is -2.39. The average Bonchev–Trinajstić information content (AvgIpc) is 2.25. The number of hydrogen-bond acceptors (Lipinski definition) is 6. The highest BCUT2D eigenvalue weighted by Gasteiger charge is 2.42. The first kappa shape index (κ1) is 12.2. The van der Waals surface area contributed by atoms with Crippen LogP contribution in [0.2, 0.25) is 0 Å². The molecule has 4 unspecified atom stereocenters. The number of rotatable bonds is 3. The van der Waals surface area contributed by atoms with Crippen LogP contribution in [0.4, 0.5) is 0 Å². The first-order chi connectivity index (χ1) is 7.11. The van der Waals surface area contributed by atoms with Crippen molar-refractivity contribution in [2.45, 2.75) is 30.5 Å². The fourth-order valence-electron chi connectivity index (χ4n) is 1.45. The van der Waals surface area contributed by atoms with Crippen LogP contribution in [0.3, 0.4) is 0 Å². The van der Waals surface area contributed by atoms with E-state index in [0.717, 1.165) is 0 Å². The zero-order valence-electron chi connectivity index (χ0n) is 7.84. The second kappa shape index (κ2) is 5.26. The van der Waals surface area contributed by atoms with Gasteiger partial charge in [-0.25, -0.2) is 0 Å². The van der Waals surface area contributed by atoms with Crippen LogP contribution in [-0.4, -0.2) is 64.1 Å². The normalized spacial score (nSPS) is 40.9. The van der Waals surface area contributed by atoms with E-state index in [0.29, 0.717) is 0 Å². The molecule has 0 amide bonds. The number of ether oxygens (including phenoxy) is 1. The van der Waals surface area contributed by atoms with Crippen molar-refractivity contribution in [1.82, 2.24) is 0 Å². The van der Waals surface area contributed by atoms with Crippen LogP contribution in [-0.2, 0) is 4.74 Å². The third-order valence-electron chi connectivity index (χ3n) is 2.32. The van der Waals surface area contributed by atoms with E-state index in [9.17, 15) is 15.3 Å². The van der Waals surface area contributed by atoms with Gasteiger partial charge in [0.05, 0.1) is 19.3 Å². The summed E-state index contributed by atoms with van der Waals surface area (Å²) in [6.07, 6.45) is -6.02. The molecule has 0 aromatic rings. The Labute approximate surface area is 85.3 Å². The van der Waals surface area contributed by atoms with E-state index in [1.165, 1.54) is 0 Å². The van der Waals surface area contributed by atoms with Gasteiger partial charge in [0.15, 0.2) is 0 Å². The van der Waals surface area contributed by atoms with Gasteiger partial charge in [-0.05, 0) is 5.53 Å². The first-order valence-corrected chi connectivity index (χ1v) is 4.43. The van der Waals surface area contributed by atoms with Gasteiger partial charge in [-0.3, -0.25) is 0 Å². The first-order valence-electron chi connectivity index (χ1n) is 4.43. The summed E-state index contributed by atoms with van der Waals surface area (Å²) < 4.78 is 5.06. The van der Waals surface area contributed by atoms with Crippen LogP contribution in [0, 0.1) is 0 Å². The van der Waals surface area contributed by atoms with E-state index in [4.69, 9.17) is 15.4 Å². The van der Waals surface area contributed by atoms with Gasteiger partial charge in [0.25, 0.3) is 0 Å². The topological polar surface area (TPSA) is 139 Å². The van der Waals surface area contributed by atoms with E-state index >= 15 is 0 Å². The summed E-state index contributed by atoms with van der Waals surface area (Å²) in [5, 5.41) is 40.2. The molecule has 1 saturated heterocycles. The smallest absolute Gasteiger partial charge is 0.111 e. The fourth-order valence-corrected chi connectivity index (χ4v) is 1.45. The Kier molecular flexibility index (Phi) is 4.28. The van der Waals surface area contributed by atoms with E-state index in [1.54, 1.807) is 0 Å². The summed E-state index contributed by atoms with van der Waals surface area (Å²) in [5.74, 6) is 0. The predicted octanol–water partition coefficient (Wildman–Crippen LogP) is -1.86. The van der Waals surface area contributed by atoms with Gasteiger partial charge in [-0.2, -0.15) is 0 Å². The molecule has 0 aromatic carbocycles. The highest BCUT2D eigenvalue weighted by atomic mass is 16.5. The summed E-state index contributed by atoms with van der Waals surface area (Å²) in [5.41, 5.74) is 8.08. The molecule has 1 aliphatic rings. The van der Waals surface area contributed by atoms with E-state index < -0.39 is 37.1 Å². The number of aliphatic hydroxyl groups excluding tert-OH is 4. The minimum absolute atomic E-state index is 0.169. The fraction of sp³-hybridized carbons (Fsp3) is 1.00. The molecule has 0 radical (unpaired) electrons. The lowest BCUT2D eigenvalue weighted by molar-refractivity contribution is -0.226. The largest absolute Gasteiger partial charge is 0.394 e. The summed E-state index contributed by atoms with van der Waals surface area (Å²) in [7, 11) is 0. The predicted molar refractivity (Wildman–Crippen MR) is 47.8 cm³/mol. The second-order valence-corrected chi connectivity index (χ2v) is 3.28. The summed E-state index contributed by atoms with van der Waals surface area (Å²) >= 11 is 0. The highest BCUT2D eigenvalue weighted by molar-refractivity contribution is 4.92. The summed E-state index contributed by atoms with van der Waals surface area (Å²) in [6, 6.07) is 0. The van der Waals surface area contributed by atoms with E-state index in [1.807, 2.05) is 0 Å². The number of hydrogen-bond donors (Lipinski definition) is 4. The Morgan fingerprint density at radius 1 is 1.13 bits per heavy atom. The molecule has 0 bridgehead atoms. The van der Waals surface area contributed by atoms with Crippen molar-refractivity contribution in [3.63, 3.8) is 0 Å². The third-order valence-corrected chi connectivity index (χ3v) is 2.32. The van der Waals surface area contributed by atoms with Crippen molar-refractivity contribution in [2.75, 3.05) is 13.2 Å². The van der Waals surface area contributed by atoms with Gasteiger partial charge in [0.2, 0.25) is 0 Å². The lowest BCUT2D eigenvalue weighted by Crippen LogP contribution is -2.59. The van der Waals surface area contributed by atoms with Crippen molar-refractivity contribution in [1.29, 1.82) is 0 Å². The molecule has 15 heavy (non-hydrogen) atoms. The average molecular weight is 219 g/mol. The molecule has 0 aromatic heterocycles. The van der Waals surface area contributed by atoms with Gasteiger partial charge in [0, 0.05) is 4.91 Å². The van der Waals surface area contributed by atoms with Crippen molar-refractivity contribution in [2.24, 2.45) is 5.11 Å². The third kappa shape index (κ3) is 2.57. The molecule has 0 aliphatic carbocycles. The van der Waals surface area contributed by atoms with Crippen LogP contribution in [0.25, 0.3) is 10.4 Å². The van der Waals surface area contributed by atoms with Gasteiger partial charge in [-0.1, -0.05) is 5.11 Å². The van der Waals surface area contributed by atoms with Crippen molar-refractivity contribution < 1.29 is 25.2 Å². The monoisotopic (exact) mass is 219 g/mol. The van der Waals surface area contributed by atoms with Gasteiger partial charge in [-0.15, -0.1) is 0 Å². The van der Waals surface area contributed by atoms with Gasteiger partial charge in [0.1, 0.15) is 24.4 Å². The maximum atomic E-state index is 9.45. The Balaban J connectivity index is 2.69. The standard InChI is InChI=1S/C7H13N3O5/c8-10-9-1-3-5(12)7(14)6(13)4(2-11)15-3/h3-7,11-14H,1-2H2/t3-,4?,5?,6?,7?/m1/s1. The Morgan fingerprint density at radius 3 is 2.27 bits per heavy atom. The molecular weight excluding hydrogens is 206 g/mol. The molecule has 8 heteroatoms. The van der Waals surface area contributed by atoms with Gasteiger partial charge < -0.3 is 25.2 Å². The van der Waals surface area contributed by atoms with Crippen LogP contribution in [0.15, 0.2) is 5.11 Å². The van der Waals surface area contributed by atoms with Crippen LogP contribution >= 0.6 is 0 Å². The van der Waals surface area contributed by atoms with Crippen LogP contribution < -0.4 is 0 Å². The molecule has 4 N–H and O–H groups in total. The molecule has 1 rings (SSSR count). The Bertz CT molecular complexity index is 255. The molecule has 86 valence electrons. The number of nitrogens with zero attached hydrogens (tertiary/aromatic N) is 3. The van der Waals surface area contributed by atoms with E-state index in [-0.39, 0.29) is 6.54 Å². The van der Waals surface area contributed by atoms with Crippen LogP contribution in [0.1, 0.15) is 0 Å². The van der Waals surface area contributed by atoms with Crippen molar-refractivity contribution in [3.8, 4) is 0 Å². The lowest BCUT2D eigenvalue weighted by atomic mass is 9.95. The minimum Gasteiger partial charge on any atom is -0.394 e. The molecule has 1 heterocycles. The van der Waals surface area contributed by atoms with Gasteiger partial charge >= 0.3 is 0 Å². The maximum absolute atomic E-state index is 9.45. The van der Waals surface area contributed by atoms with Crippen LogP contribution in [0.5, 0.6) is 0 Å². The molecule has 5 atom stereocenters. The zero-order valence-corrected chi connectivity index (χ0v) is 7.84. The number of azide groups is 1. The summed E-state index contributed by atoms with van der Waals surface area (Å²) in [6.45, 7) is -0.657. The molecule has 1 fully saturated rings. The molecule has 0 saturated carbocycles. The molecular formula is C7H13N3O5. The minimum atomic E-state index is -1.42. The highest BCUT2D eigenvalue weighted by Crippen LogP contribution is 2.21. The van der Waals surface area contributed by atoms with Crippen molar-refractivity contribution in [3.05, 3.63) is 10.4 Å². The maximum Gasteiger partial charge on any atom is 0.111 e. The molecule has 1 aliphatic heterocycles. The Morgan fingerprint density at radius 2 is 1.73 bits per heavy atom. The molecule has 8 nitrogen and oxygen atoms in total. The van der Waals surface area contributed by atoms with Crippen molar-refractivity contribution >= 4 is 0 Å². The SMILES string of the molecule is [N-]=[N+]=NC[C@H]1OC(CO)C(O)C(O)C1O.